The van der Waals surface area contributed by atoms with E-state index in [0.29, 0.717) is 12.6 Å². The molecular weight excluding hydrogens is 266 g/mol. The third-order valence-electron chi connectivity index (χ3n) is 4.69. The molecule has 0 aromatic carbocycles. The molecule has 0 bridgehead atoms. The predicted octanol–water partition coefficient (Wildman–Crippen LogP) is 1.33. The van der Waals surface area contributed by atoms with Crippen LogP contribution in [-0.2, 0) is 9.53 Å². The zero-order chi connectivity index (χ0) is 15.9. The first-order valence-corrected chi connectivity index (χ1v) is 8.18. The summed E-state index contributed by atoms with van der Waals surface area (Å²) in [6.45, 7) is 7.60. The third-order valence-corrected chi connectivity index (χ3v) is 4.69. The molecule has 1 saturated heterocycles. The predicted molar refractivity (Wildman–Crippen MR) is 86.5 cm³/mol. The molecule has 2 atom stereocenters. The first-order chi connectivity index (χ1) is 9.92. The van der Waals surface area contributed by atoms with Gasteiger partial charge >= 0.3 is 5.97 Å². The molecule has 1 aliphatic rings. The molecule has 0 amide bonds. The van der Waals surface area contributed by atoms with Gasteiger partial charge in [0.15, 0.2) is 0 Å². The number of ether oxygens (including phenoxy) is 1. The van der Waals surface area contributed by atoms with Gasteiger partial charge in [-0.15, -0.1) is 0 Å². The smallest absolute Gasteiger partial charge is 0.326 e. The molecule has 5 nitrogen and oxygen atoms in total. The van der Waals surface area contributed by atoms with Gasteiger partial charge in [0.1, 0.15) is 5.54 Å². The molecule has 0 aromatic heterocycles. The minimum atomic E-state index is -0.569. The van der Waals surface area contributed by atoms with Gasteiger partial charge in [0.25, 0.3) is 0 Å². The van der Waals surface area contributed by atoms with Crippen LogP contribution in [0.15, 0.2) is 0 Å². The van der Waals surface area contributed by atoms with Crippen molar-refractivity contribution in [1.82, 2.24) is 15.1 Å². The van der Waals surface area contributed by atoms with E-state index >= 15 is 0 Å². The third kappa shape index (κ3) is 5.57. The van der Waals surface area contributed by atoms with Crippen molar-refractivity contribution in [2.75, 3.05) is 47.4 Å². The molecule has 124 valence electrons. The zero-order valence-electron chi connectivity index (χ0n) is 14.4. The quantitative estimate of drug-likeness (QED) is 0.685. The van der Waals surface area contributed by atoms with Crippen molar-refractivity contribution < 1.29 is 9.53 Å². The average molecular weight is 299 g/mol. The van der Waals surface area contributed by atoms with Crippen molar-refractivity contribution in [3.05, 3.63) is 0 Å². The second kappa shape index (κ2) is 8.71. The SMILES string of the molecule is CCOC(=O)C(C)(CCCN(C)C1CCCN(C)C1)NC. The summed E-state index contributed by atoms with van der Waals surface area (Å²) in [5.74, 6) is -0.146. The Morgan fingerprint density at radius 1 is 1.52 bits per heavy atom. The van der Waals surface area contributed by atoms with Crippen LogP contribution in [0.3, 0.4) is 0 Å². The average Bonchev–Trinajstić information content (AvgIpc) is 2.47. The first kappa shape index (κ1) is 18.4. The molecule has 1 N–H and O–H groups in total. The fourth-order valence-electron chi connectivity index (χ4n) is 2.98. The Morgan fingerprint density at radius 2 is 2.24 bits per heavy atom. The number of hydrogen-bond acceptors (Lipinski definition) is 5. The molecule has 21 heavy (non-hydrogen) atoms. The maximum Gasteiger partial charge on any atom is 0.326 e. The molecule has 1 fully saturated rings. The Morgan fingerprint density at radius 3 is 2.81 bits per heavy atom. The number of rotatable bonds is 8. The largest absolute Gasteiger partial charge is 0.465 e. The Labute approximate surface area is 130 Å². The molecule has 0 aliphatic carbocycles. The second-order valence-corrected chi connectivity index (χ2v) is 6.45. The fourth-order valence-corrected chi connectivity index (χ4v) is 2.98. The normalized spacial score (nSPS) is 23.0. The summed E-state index contributed by atoms with van der Waals surface area (Å²) in [5, 5.41) is 3.12. The summed E-state index contributed by atoms with van der Waals surface area (Å²) < 4.78 is 5.16. The van der Waals surface area contributed by atoms with E-state index in [1.807, 2.05) is 20.9 Å². The van der Waals surface area contributed by atoms with Crippen molar-refractivity contribution in [3.63, 3.8) is 0 Å². The van der Waals surface area contributed by atoms with E-state index in [-0.39, 0.29) is 5.97 Å². The number of likely N-dealkylation sites (tertiary alicyclic amines) is 1. The van der Waals surface area contributed by atoms with Crippen molar-refractivity contribution >= 4 is 5.97 Å². The molecule has 0 radical (unpaired) electrons. The topological polar surface area (TPSA) is 44.8 Å². The molecule has 0 spiro atoms. The highest BCUT2D eigenvalue weighted by Crippen LogP contribution is 2.17. The van der Waals surface area contributed by atoms with Gasteiger partial charge in [-0.3, -0.25) is 4.79 Å². The molecule has 2 unspecified atom stereocenters. The summed E-state index contributed by atoms with van der Waals surface area (Å²) in [5.41, 5.74) is -0.569. The molecular formula is C16H33N3O2. The summed E-state index contributed by atoms with van der Waals surface area (Å²) in [7, 11) is 6.22. The lowest BCUT2D eigenvalue weighted by Gasteiger charge is -2.36. The van der Waals surface area contributed by atoms with Gasteiger partial charge in [-0.25, -0.2) is 0 Å². The van der Waals surface area contributed by atoms with Crippen molar-refractivity contribution in [3.8, 4) is 0 Å². The van der Waals surface area contributed by atoms with Crippen LogP contribution in [0, 0.1) is 0 Å². The fraction of sp³-hybridized carbons (Fsp3) is 0.938. The van der Waals surface area contributed by atoms with Crippen LogP contribution in [0.4, 0.5) is 0 Å². The monoisotopic (exact) mass is 299 g/mol. The van der Waals surface area contributed by atoms with Gasteiger partial charge in [-0.2, -0.15) is 0 Å². The summed E-state index contributed by atoms with van der Waals surface area (Å²) in [4.78, 5) is 16.9. The lowest BCUT2D eigenvalue weighted by molar-refractivity contribution is -0.150. The van der Waals surface area contributed by atoms with Crippen molar-refractivity contribution in [1.29, 1.82) is 0 Å². The highest BCUT2D eigenvalue weighted by molar-refractivity contribution is 5.80. The number of piperidine rings is 1. The number of nitrogens with zero attached hydrogens (tertiary/aromatic N) is 2. The van der Waals surface area contributed by atoms with Gasteiger partial charge in [0.05, 0.1) is 6.61 Å². The number of carbonyl (C=O) groups excluding carboxylic acids is 1. The van der Waals surface area contributed by atoms with Crippen LogP contribution in [0.2, 0.25) is 0 Å². The number of esters is 1. The van der Waals surface area contributed by atoms with E-state index in [9.17, 15) is 4.79 Å². The van der Waals surface area contributed by atoms with Gasteiger partial charge in [-0.05, 0) is 73.8 Å². The van der Waals surface area contributed by atoms with Crippen LogP contribution >= 0.6 is 0 Å². The van der Waals surface area contributed by atoms with Gasteiger partial charge < -0.3 is 19.9 Å². The highest BCUT2D eigenvalue weighted by Gasteiger charge is 2.32. The number of likely N-dealkylation sites (N-methyl/N-ethyl adjacent to an activating group) is 3. The summed E-state index contributed by atoms with van der Waals surface area (Å²) in [6, 6.07) is 0.646. The van der Waals surface area contributed by atoms with Gasteiger partial charge in [0, 0.05) is 12.6 Å². The number of hydrogen-bond donors (Lipinski definition) is 1. The minimum absolute atomic E-state index is 0.146. The number of nitrogens with one attached hydrogen (secondary N) is 1. The summed E-state index contributed by atoms with van der Waals surface area (Å²) >= 11 is 0. The molecule has 0 aromatic rings. The van der Waals surface area contributed by atoms with E-state index in [0.717, 1.165) is 25.9 Å². The van der Waals surface area contributed by atoms with E-state index < -0.39 is 5.54 Å². The maximum atomic E-state index is 12.0. The molecule has 1 aliphatic heterocycles. The van der Waals surface area contributed by atoms with Gasteiger partial charge in [-0.1, -0.05) is 0 Å². The van der Waals surface area contributed by atoms with Crippen LogP contribution in [0.25, 0.3) is 0 Å². The second-order valence-electron chi connectivity index (χ2n) is 6.45. The maximum absolute atomic E-state index is 12.0. The lowest BCUT2D eigenvalue weighted by atomic mass is 9.95. The van der Waals surface area contributed by atoms with Crippen LogP contribution in [0.5, 0.6) is 0 Å². The van der Waals surface area contributed by atoms with Crippen molar-refractivity contribution in [2.24, 2.45) is 0 Å². The Bertz CT molecular complexity index is 325. The summed E-state index contributed by atoms with van der Waals surface area (Å²) in [6.07, 6.45) is 4.35. The minimum Gasteiger partial charge on any atom is -0.465 e. The molecule has 1 heterocycles. The van der Waals surface area contributed by atoms with E-state index in [2.05, 4.69) is 29.2 Å². The Balaban J connectivity index is 2.38. The molecule has 1 rings (SSSR count). The lowest BCUT2D eigenvalue weighted by Crippen LogP contribution is -2.49. The highest BCUT2D eigenvalue weighted by atomic mass is 16.5. The van der Waals surface area contributed by atoms with E-state index in [4.69, 9.17) is 4.74 Å². The molecule has 0 saturated carbocycles. The van der Waals surface area contributed by atoms with E-state index in [1.54, 1.807) is 0 Å². The van der Waals surface area contributed by atoms with E-state index in [1.165, 1.54) is 19.4 Å². The standard InChI is InChI=1S/C16H33N3O2/c1-6-21-15(20)16(2,17-3)10-8-12-19(5)14-9-7-11-18(4)13-14/h14,17H,6-13H2,1-5H3. The van der Waals surface area contributed by atoms with Crippen LogP contribution in [-0.4, -0.2) is 74.7 Å². The van der Waals surface area contributed by atoms with Crippen LogP contribution in [0.1, 0.15) is 39.5 Å². The Hall–Kier alpha value is -0.650. The van der Waals surface area contributed by atoms with Gasteiger partial charge in [0.2, 0.25) is 0 Å². The van der Waals surface area contributed by atoms with Crippen molar-refractivity contribution in [2.45, 2.75) is 51.1 Å². The Kier molecular flexibility index (Phi) is 7.63. The zero-order valence-corrected chi connectivity index (χ0v) is 14.4. The molecule has 5 heteroatoms. The number of carbonyl (C=O) groups is 1. The van der Waals surface area contributed by atoms with Crippen LogP contribution < -0.4 is 5.32 Å². The first-order valence-electron chi connectivity index (χ1n) is 8.18.